The van der Waals surface area contributed by atoms with Crippen LogP contribution in [0.25, 0.3) is 0 Å². The lowest BCUT2D eigenvalue weighted by molar-refractivity contribution is 0.0363. The number of nitrogens with one attached hydrogen (secondary N) is 1. The van der Waals surface area contributed by atoms with Crippen LogP contribution in [0.3, 0.4) is 0 Å². The number of hydrogen-bond acceptors (Lipinski definition) is 2. The van der Waals surface area contributed by atoms with Crippen molar-refractivity contribution in [2.24, 2.45) is 0 Å². The van der Waals surface area contributed by atoms with Gasteiger partial charge in [0, 0.05) is 18.5 Å². The number of aliphatic hydroxyl groups is 1. The van der Waals surface area contributed by atoms with E-state index in [1.807, 2.05) is 0 Å². The maximum Gasteiger partial charge on any atom is 0.129 e. The lowest BCUT2D eigenvalue weighted by atomic mass is 9.87. The molecule has 0 saturated carbocycles. The third-order valence-corrected chi connectivity index (χ3v) is 3.68. The maximum absolute atomic E-state index is 13.6. The van der Waals surface area contributed by atoms with Crippen LogP contribution in [0.15, 0.2) is 18.2 Å². The van der Waals surface area contributed by atoms with Crippen LogP contribution in [0, 0.1) is 11.6 Å². The molecule has 0 radical (unpaired) electrons. The van der Waals surface area contributed by atoms with E-state index in [1.165, 1.54) is 25.0 Å². The molecule has 1 fully saturated rings. The first kappa shape index (κ1) is 14.4. The second kappa shape index (κ2) is 5.97. The molecule has 0 aliphatic carbocycles. The lowest BCUT2D eigenvalue weighted by Crippen LogP contribution is -2.42. The molecule has 1 saturated heterocycles. The normalized spacial score (nSPS) is 23.1. The van der Waals surface area contributed by atoms with Crippen LogP contribution in [0.4, 0.5) is 8.78 Å². The molecule has 0 bridgehead atoms. The summed E-state index contributed by atoms with van der Waals surface area (Å²) in [7, 11) is 0. The van der Waals surface area contributed by atoms with Gasteiger partial charge in [-0.15, -0.1) is 0 Å². The molecule has 2 atom stereocenters. The summed E-state index contributed by atoms with van der Waals surface area (Å²) in [6.07, 6.45) is 4.17. The SMILES string of the molecule is CC(O)(Cc1ccc(F)cc1F)CC1CCCCN1. The summed E-state index contributed by atoms with van der Waals surface area (Å²) >= 11 is 0. The topological polar surface area (TPSA) is 32.3 Å². The summed E-state index contributed by atoms with van der Waals surface area (Å²) in [5, 5.41) is 13.8. The summed E-state index contributed by atoms with van der Waals surface area (Å²) in [6.45, 7) is 2.69. The van der Waals surface area contributed by atoms with Crippen LogP contribution in [0.5, 0.6) is 0 Å². The van der Waals surface area contributed by atoms with E-state index in [9.17, 15) is 13.9 Å². The van der Waals surface area contributed by atoms with Gasteiger partial charge in [-0.2, -0.15) is 0 Å². The zero-order chi connectivity index (χ0) is 13.9. The minimum atomic E-state index is -0.978. The van der Waals surface area contributed by atoms with Gasteiger partial charge in [0.05, 0.1) is 5.60 Å². The molecule has 1 aliphatic heterocycles. The van der Waals surface area contributed by atoms with Crippen LogP contribution in [0.2, 0.25) is 0 Å². The fourth-order valence-corrected chi connectivity index (χ4v) is 2.78. The molecular formula is C15H21F2NO. The Balaban J connectivity index is 1.99. The number of rotatable bonds is 4. The lowest BCUT2D eigenvalue weighted by Gasteiger charge is -2.31. The van der Waals surface area contributed by atoms with Crippen molar-refractivity contribution in [1.82, 2.24) is 5.32 Å². The zero-order valence-electron chi connectivity index (χ0n) is 11.3. The molecule has 4 heteroatoms. The summed E-state index contributed by atoms with van der Waals surface area (Å²) in [5.41, 5.74) is -0.615. The smallest absolute Gasteiger partial charge is 0.129 e. The Labute approximate surface area is 112 Å². The summed E-state index contributed by atoms with van der Waals surface area (Å²) in [5.74, 6) is -1.17. The predicted molar refractivity (Wildman–Crippen MR) is 70.9 cm³/mol. The second-order valence-electron chi connectivity index (χ2n) is 5.76. The Morgan fingerprint density at radius 1 is 1.37 bits per heavy atom. The van der Waals surface area contributed by atoms with Gasteiger partial charge in [-0.3, -0.25) is 0 Å². The van der Waals surface area contributed by atoms with Crippen molar-refractivity contribution in [3.05, 3.63) is 35.4 Å². The van der Waals surface area contributed by atoms with Gasteiger partial charge < -0.3 is 10.4 Å². The highest BCUT2D eigenvalue weighted by molar-refractivity contribution is 5.20. The molecule has 0 amide bonds. The van der Waals surface area contributed by atoms with Gasteiger partial charge in [0.15, 0.2) is 0 Å². The van der Waals surface area contributed by atoms with Gasteiger partial charge in [0.1, 0.15) is 11.6 Å². The number of halogens is 2. The van der Waals surface area contributed by atoms with Crippen LogP contribution in [-0.4, -0.2) is 23.3 Å². The van der Waals surface area contributed by atoms with Crippen molar-refractivity contribution in [3.63, 3.8) is 0 Å². The number of benzene rings is 1. The van der Waals surface area contributed by atoms with Crippen molar-refractivity contribution < 1.29 is 13.9 Å². The predicted octanol–water partition coefficient (Wildman–Crippen LogP) is 2.79. The first-order chi connectivity index (χ1) is 8.96. The van der Waals surface area contributed by atoms with E-state index in [1.54, 1.807) is 6.92 Å². The Morgan fingerprint density at radius 2 is 2.16 bits per heavy atom. The first-order valence-corrected chi connectivity index (χ1v) is 6.86. The van der Waals surface area contributed by atoms with Crippen LogP contribution < -0.4 is 5.32 Å². The Bertz CT molecular complexity index is 428. The zero-order valence-corrected chi connectivity index (χ0v) is 11.3. The summed E-state index contributed by atoms with van der Waals surface area (Å²) in [4.78, 5) is 0. The highest BCUT2D eigenvalue weighted by Crippen LogP contribution is 2.24. The van der Waals surface area contributed by atoms with Gasteiger partial charge >= 0.3 is 0 Å². The second-order valence-corrected chi connectivity index (χ2v) is 5.76. The molecule has 1 aliphatic rings. The molecule has 1 aromatic rings. The van der Waals surface area contributed by atoms with Gasteiger partial charge in [0.25, 0.3) is 0 Å². The average molecular weight is 269 g/mol. The number of piperidine rings is 1. The molecule has 2 unspecified atom stereocenters. The summed E-state index contributed by atoms with van der Waals surface area (Å²) < 4.78 is 26.4. The van der Waals surface area contributed by atoms with E-state index in [2.05, 4.69) is 5.32 Å². The average Bonchev–Trinajstić information content (AvgIpc) is 2.33. The van der Waals surface area contributed by atoms with E-state index in [0.717, 1.165) is 19.0 Å². The minimum Gasteiger partial charge on any atom is -0.390 e. The molecule has 2 nitrogen and oxygen atoms in total. The maximum atomic E-state index is 13.6. The number of hydrogen-bond donors (Lipinski definition) is 2. The fourth-order valence-electron chi connectivity index (χ4n) is 2.78. The standard InChI is InChI=1S/C15H21F2NO/c1-15(19,10-13-4-2-3-7-18-13)9-11-5-6-12(16)8-14(11)17/h5-6,8,13,18-19H,2-4,7,9-10H2,1H3. The van der Waals surface area contributed by atoms with Crippen molar-refractivity contribution in [2.45, 2.75) is 50.7 Å². The molecule has 1 aromatic carbocycles. The minimum absolute atomic E-state index is 0.206. The Hall–Kier alpha value is -1.00. The third kappa shape index (κ3) is 4.25. The summed E-state index contributed by atoms with van der Waals surface area (Å²) in [6, 6.07) is 3.79. The van der Waals surface area contributed by atoms with Gasteiger partial charge in [0.2, 0.25) is 0 Å². The molecule has 0 aromatic heterocycles. The van der Waals surface area contributed by atoms with E-state index >= 15 is 0 Å². The molecule has 0 spiro atoms. The van der Waals surface area contributed by atoms with Crippen LogP contribution >= 0.6 is 0 Å². The van der Waals surface area contributed by atoms with E-state index in [4.69, 9.17) is 0 Å². The van der Waals surface area contributed by atoms with Gasteiger partial charge in [-0.25, -0.2) is 8.78 Å². The van der Waals surface area contributed by atoms with E-state index in [-0.39, 0.29) is 12.5 Å². The molecule has 19 heavy (non-hydrogen) atoms. The van der Waals surface area contributed by atoms with Crippen molar-refractivity contribution >= 4 is 0 Å². The van der Waals surface area contributed by atoms with Crippen molar-refractivity contribution in [1.29, 1.82) is 0 Å². The van der Waals surface area contributed by atoms with Crippen molar-refractivity contribution in [3.8, 4) is 0 Å². The quantitative estimate of drug-likeness (QED) is 0.881. The Kier molecular flexibility index (Phi) is 4.53. The van der Waals surface area contributed by atoms with Gasteiger partial charge in [-0.1, -0.05) is 12.5 Å². The fraction of sp³-hybridized carbons (Fsp3) is 0.600. The monoisotopic (exact) mass is 269 g/mol. The Morgan fingerprint density at radius 3 is 2.79 bits per heavy atom. The third-order valence-electron chi connectivity index (χ3n) is 3.68. The highest BCUT2D eigenvalue weighted by atomic mass is 19.1. The molecule has 2 rings (SSSR count). The molecule has 1 heterocycles. The first-order valence-electron chi connectivity index (χ1n) is 6.86. The molecule has 106 valence electrons. The van der Waals surface area contributed by atoms with Crippen LogP contribution in [-0.2, 0) is 6.42 Å². The van der Waals surface area contributed by atoms with E-state index in [0.29, 0.717) is 12.0 Å². The largest absolute Gasteiger partial charge is 0.390 e. The van der Waals surface area contributed by atoms with Gasteiger partial charge in [-0.05, 0) is 44.4 Å². The van der Waals surface area contributed by atoms with Crippen molar-refractivity contribution in [2.75, 3.05) is 6.54 Å². The van der Waals surface area contributed by atoms with E-state index < -0.39 is 17.2 Å². The highest BCUT2D eigenvalue weighted by Gasteiger charge is 2.27. The molecule has 2 N–H and O–H groups in total. The van der Waals surface area contributed by atoms with Crippen LogP contribution in [0.1, 0.15) is 38.2 Å². The molecular weight excluding hydrogens is 248 g/mol.